The van der Waals surface area contributed by atoms with E-state index in [-0.39, 0.29) is 10.9 Å². The van der Waals surface area contributed by atoms with Gasteiger partial charge in [0.2, 0.25) is 5.13 Å². The number of hydrogen-bond donors (Lipinski definition) is 3. The average Bonchev–Trinajstić information content (AvgIpc) is 3.13. The Hall–Kier alpha value is -3.30. The molecule has 136 valence electrons. The maximum absolute atomic E-state index is 11.9. The molecule has 0 bridgehead atoms. The molecule has 0 atom stereocenters. The van der Waals surface area contributed by atoms with Crippen LogP contribution in [0.2, 0.25) is 5.02 Å². The number of rotatable bonds is 4. The molecule has 3 N–H and O–H groups in total. The molecular formula is C17H12ClN5O3S. The lowest BCUT2D eigenvalue weighted by molar-refractivity contribution is -0.136. The highest BCUT2D eigenvalue weighted by molar-refractivity contribution is 7.18. The fourth-order valence-electron chi connectivity index (χ4n) is 1.97. The first-order valence-electron chi connectivity index (χ1n) is 7.55. The summed E-state index contributed by atoms with van der Waals surface area (Å²) in [5.74, 6) is -2.01. The molecule has 2 amide bonds. The van der Waals surface area contributed by atoms with Gasteiger partial charge in [0.1, 0.15) is 10.8 Å². The number of hydrogen-bond acceptors (Lipinski definition) is 7. The molecule has 1 heterocycles. The predicted molar refractivity (Wildman–Crippen MR) is 103 cm³/mol. The van der Waals surface area contributed by atoms with Crippen LogP contribution < -0.4 is 10.7 Å². The minimum atomic E-state index is -0.996. The van der Waals surface area contributed by atoms with Crippen LogP contribution in [0.25, 0.3) is 10.6 Å². The van der Waals surface area contributed by atoms with E-state index in [0.29, 0.717) is 15.6 Å². The van der Waals surface area contributed by atoms with Crippen LogP contribution in [-0.2, 0) is 9.59 Å². The number of phenolic OH excluding ortho intramolecular Hbond substituents is 1. The first-order valence-corrected chi connectivity index (χ1v) is 8.74. The quantitative estimate of drug-likeness (QED) is 0.353. The molecule has 0 aliphatic heterocycles. The van der Waals surface area contributed by atoms with Gasteiger partial charge in [-0.15, -0.1) is 10.2 Å². The van der Waals surface area contributed by atoms with Crippen LogP contribution >= 0.6 is 22.9 Å². The summed E-state index contributed by atoms with van der Waals surface area (Å²) in [7, 11) is 0. The lowest BCUT2D eigenvalue weighted by Crippen LogP contribution is -2.32. The fraction of sp³-hybridized carbons (Fsp3) is 0. The lowest BCUT2D eigenvalue weighted by Gasteiger charge is -2.00. The average molecular weight is 402 g/mol. The topological polar surface area (TPSA) is 117 Å². The molecular weight excluding hydrogens is 390 g/mol. The van der Waals surface area contributed by atoms with Crippen molar-refractivity contribution in [2.75, 3.05) is 5.32 Å². The molecule has 10 heteroatoms. The van der Waals surface area contributed by atoms with E-state index in [9.17, 15) is 14.7 Å². The van der Waals surface area contributed by atoms with E-state index in [1.54, 1.807) is 0 Å². The van der Waals surface area contributed by atoms with Crippen molar-refractivity contribution in [3.63, 3.8) is 0 Å². The third kappa shape index (κ3) is 4.87. The van der Waals surface area contributed by atoms with E-state index in [1.165, 1.54) is 24.4 Å². The minimum absolute atomic E-state index is 0.0656. The van der Waals surface area contributed by atoms with Crippen LogP contribution in [-0.4, -0.2) is 33.3 Å². The normalized spacial score (nSPS) is 10.7. The van der Waals surface area contributed by atoms with Gasteiger partial charge in [0.15, 0.2) is 0 Å². The standard InChI is InChI=1S/C17H12ClN5O3S/c18-12-6-7-13(24)11(8-12)9-19-21-15(26)14(25)20-17-23-22-16(27-17)10-4-2-1-3-5-10/h1-9,24H,(H,21,26)(H,20,23,25)/b19-9-. The molecule has 27 heavy (non-hydrogen) atoms. The van der Waals surface area contributed by atoms with Crippen molar-refractivity contribution in [2.45, 2.75) is 0 Å². The van der Waals surface area contributed by atoms with E-state index in [2.05, 4.69) is 26.0 Å². The van der Waals surface area contributed by atoms with Gasteiger partial charge in [-0.2, -0.15) is 5.10 Å². The molecule has 1 aromatic heterocycles. The molecule has 0 radical (unpaired) electrons. The van der Waals surface area contributed by atoms with E-state index in [0.717, 1.165) is 16.9 Å². The number of carbonyl (C=O) groups excluding carboxylic acids is 2. The first-order chi connectivity index (χ1) is 13.0. The molecule has 3 aromatic rings. The zero-order valence-corrected chi connectivity index (χ0v) is 15.2. The summed E-state index contributed by atoms with van der Waals surface area (Å²) < 4.78 is 0. The van der Waals surface area contributed by atoms with Crippen LogP contribution in [0.15, 0.2) is 53.6 Å². The molecule has 2 aromatic carbocycles. The Morgan fingerprint density at radius 2 is 1.89 bits per heavy atom. The summed E-state index contributed by atoms with van der Waals surface area (Å²) in [4.78, 5) is 23.7. The molecule has 0 aliphatic carbocycles. The van der Waals surface area contributed by atoms with Gasteiger partial charge >= 0.3 is 11.8 Å². The summed E-state index contributed by atoms with van der Waals surface area (Å²) in [5.41, 5.74) is 3.20. The highest BCUT2D eigenvalue weighted by Crippen LogP contribution is 2.25. The first kappa shape index (κ1) is 18.5. The van der Waals surface area contributed by atoms with Crippen LogP contribution in [0.1, 0.15) is 5.56 Å². The maximum Gasteiger partial charge on any atom is 0.329 e. The van der Waals surface area contributed by atoms with Crippen LogP contribution in [0.4, 0.5) is 5.13 Å². The largest absolute Gasteiger partial charge is 0.507 e. The zero-order valence-electron chi connectivity index (χ0n) is 13.6. The second kappa shape index (κ2) is 8.39. The van der Waals surface area contributed by atoms with Crippen molar-refractivity contribution in [1.29, 1.82) is 0 Å². The van der Waals surface area contributed by atoms with Crippen LogP contribution in [0.3, 0.4) is 0 Å². The SMILES string of the molecule is O=C(N/N=C\c1cc(Cl)ccc1O)C(=O)Nc1nnc(-c2ccccc2)s1. The summed E-state index contributed by atoms with van der Waals surface area (Å²) in [6.07, 6.45) is 1.17. The highest BCUT2D eigenvalue weighted by Gasteiger charge is 2.16. The Bertz CT molecular complexity index is 1010. The van der Waals surface area contributed by atoms with Gasteiger partial charge in [-0.05, 0) is 18.2 Å². The summed E-state index contributed by atoms with van der Waals surface area (Å²) in [6, 6.07) is 13.7. The Kier molecular flexibility index (Phi) is 5.74. The molecule has 0 saturated heterocycles. The highest BCUT2D eigenvalue weighted by atomic mass is 35.5. The zero-order chi connectivity index (χ0) is 19.2. The Morgan fingerprint density at radius 3 is 2.67 bits per heavy atom. The van der Waals surface area contributed by atoms with Gasteiger partial charge in [0, 0.05) is 16.1 Å². The molecule has 0 unspecified atom stereocenters. The number of nitrogens with one attached hydrogen (secondary N) is 2. The smallest absolute Gasteiger partial charge is 0.329 e. The van der Waals surface area contributed by atoms with Crippen molar-refractivity contribution in [3.05, 3.63) is 59.1 Å². The molecule has 0 fully saturated rings. The molecule has 0 aliphatic rings. The number of amides is 2. The fourth-order valence-corrected chi connectivity index (χ4v) is 2.89. The Labute approximate surface area is 162 Å². The third-order valence-electron chi connectivity index (χ3n) is 3.23. The van der Waals surface area contributed by atoms with Crippen molar-refractivity contribution in [1.82, 2.24) is 15.6 Å². The van der Waals surface area contributed by atoms with Gasteiger partial charge < -0.3 is 5.11 Å². The van der Waals surface area contributed by atoms with Crippen molar-refractivity contribution >= 4 is 46.1 Å². The van der Waals surface area contributed by atoms with Crippen molar-refractivity contribution in [3.8, 4) is 16.3 Å². The second-order valence-electron chi connectivity index (χ2n) is 5.13. The van der Waals surface area contributed by atoms with Gasteiger partial charge in [-0.3, -0.25) is 14.9 Å². The number of phenols is 1. The van der Waals surface area contributed by atoms with E-state index < -0.39 is 11.8 Å². The van der Waals surface area contributed by atoms with Gasteiger partial charge in [-0.1, -0.05) is 53.3 Å². The molecule has 0 saturated carbocycles. The van der Waals surface area contributed by atoms with Gasteiger partial charge in [-0.25, -0.2) is 5.43 Å². The van der Waals surface area contributed by atoms with Crippen molar-refractivity contribution < 1.29 is 14.7 Å². The molecule has 3 rings (SSSR count). The molecule has 8 nitrogen and oxygen atoms in total. The van der Waals surface area contributed by atoms with E-state index in [1.807, 2.05) is 30.3 Å². The number of anilines is 1. The number of hydrazone groups is 1. The number of nitrogens with zero attached hydrogens (tertiary/aromatic N) is 3. The lowest BCUT2D eigenvalue weighted by atomic mass is 10.2. The third-order valence-corrected chi connectivity index (χ3v) is 4.35. The number of carbonyl (C=O) groups is 2. The van der Waals surface area contributed by atoms with Gasteiger partial charge in [0.05, 0.1) is 6.21 Å². The van der Waals surface area contributed by atoms with Gasteiger partial charge in [0.25, 0.3) is 0 Å². The number of benzene rings is 2. The van der Waals surface area contributed by atoms with Crippen molar-refractivity contribution in [2.24, 2.45) is 5.10 Å². The minimum Gasteiger partial charge on any atom is -0.507 e. The Balaban J connectivity index is 1.58. The second-order valence-corrected chi connectivity index (χ2v) is 6.55. The van der Waals surface area contributed by atoms with E-state index in [4.69, 9.17) is 11.6 Å². The summed E-state index contributed by atoms with van der Waals surface area (Å²) in [6.45, 7) is 0. The van der Waals surface area contributed by atoms with E-state index >= 15 is 0 Å². The number of aromatic hydroxyl groups is 1. The monoisotopic (exact) mass is 401 g/mol. The number of aromatic nitrogens is 2. The summed E-state index contributed by atoms with van der Waals surface area (Å²) in [5, 5.41) is 24.6. The van der Waals surface area contributed by atoms with Crippen LogP contribution in [0.5, 0.6) is 5.75 Å². The Morgan fingerprint density at radius 1 is 1.11 bits per heavy atom. The number of halogens is 1. The summed E-state index contributed by atoms with van der Waals surface area (Å²) >= 11 is 6.94. The predicted octanol–water partition coefficient (Wildman–Crippen LogP) is 2.65. The molecule has 0 spiro atoms. The van der Waals surface area contributed by atoms with Crippen LogP contribution in [0, 0.1) is 0 Å². The maximum atomic E-state index is 11.9.